The molecule has 50 heavy (non-hydrogen) atoms. The Kier molecular flexibility index (Phi) is 16.6. The molecule has 4 aromatic rings. The molecule has 6 N–H and O–H groups in total. The van der Waals surface area contributed by atoms with Crippen molar-refractivity contribution in [1.82, 2.24) is 31.2 Å². The minimum absolute atomic E-state index is 0.122. The summed E-state index contributed by atoms with van der Waals surface area (Å²) in [5, 5.41) is 20.2. The monoisotopic (exact) mass is 682 g/mol. The number of rotatable bonds is 23. The van der Waals surface area contributed by atoms with Crippen LogP contribution in [0, 0.1) is 0 Å². The second-order valence-electron chi connectivity index (χ2n) is 12.2. The van der Waals surface area contributed by atoms with Gasteiger partial charge in [-0.3, -0.25) is 29.1 Å². The summed E-state index contributed by atoms with van der Waals surface area (Å²) >= 11 is 0. The highest BCUT2D eigenvalue weighted by atomic mass is 16.2. The number of anilines is 2. The van der Waals surface area contributed by atoms with Crippen LogP contribution >= 0.6 is 0 Å². The maximum absolute atomic E-state index is 12.3. The van der Waals surface area contributed by atoms with Crippen molar-refractivity contribution in [1.29, 1.82) is 0 Å². The summed E-state index contributed by atoms with van der Waals surface area (Å²) in [4.78, 5) is 57.6. The molecule has 0 unspecified atom stereocenters. The fourth-order valence-electron chi connectivity index (χ4n) is 5.45. The zero-order valence-electron chi connectivity index (χ0n) is 28.8. The van der Waals surface area contributed by atoms with Crippen molar-refractivity contribution in [3.8, 4) is 0 Å². The van der Waals surface area contributed by atoms with Gasteiger partial charge in [0.25, 0.3) is 0 Å². The second kappa shape index (κ2) is 21.9. The smallest absolute Gasteiger partial charge is 0.224 e. The first-order valence-electron chi connectivity index (χ1n) is 17.7. The minimum Gasteiger partial charge on any atom is -0.356 e. The molecule has 2 aromatic heterocycles. The number of amides is 4. The van der Waals surface area contributed by atoms with Crippen LogP contribution in [0.2, 0.25) is 0 Å². The second-order valence-corrected chi connectivity index (χ2v) is 12.2. The summed E-state index contributed by atoms with van der Waals surface area (Å²) in [5.41, 5.74) is 2.77. The molecule has 0 aliphatic carbocycles. The average Bonchev–Trinajstić information content (AvgIpc) is 3.13. The number of carbonyl (C=O) groups is 4. The normalized spacial score (nSPS) is 11.0. The molecule has 4 amide bonds. The Morgan fingerprint density at radius 3 is 1.30 bits per heavy atom. The Morgan fingerprint density at radius 1 is 0.440 bits per heavy atom. The third-order valence-electron chi connectivity index (χ3n) is 8.13. The number of benzene rings is 2. The van der Waals surface area contributed by atoms with E-state index < -0.39 is 0 Å². The third-order valence-corrected chi connectivity index (χ3v) is 8.13. The van der Waals surface area contributed by atoms with Gasteiger partial charge >= 0.3 is 0 Å². The van der Waals surface area contributed by atoms with Gasteiger partial charge in [-0.25, -0.2) is 0 Å². The molecule has 0 spiro atoms. The van der Waals surface area contributed by atoms with Crippen LogP contribution in [0.5, 0.6) is 0 Å². The summed E-state index contributed by atoms with van der Waals surface area (Å²) in [6.07, 6.45) is 10.1. The van der Waals surface area contributed by atoms with Crippen molar-refractivity contribution >= 4 is 56.8 Å². The van der Waals surface area contributed by atoms with Crippen molar-refractivity contribution < 1.29 is 19.2 Å². The van der Waals surface area contributed by atoms with Gasteiger partial charge in [0.05, 0.1) is 22.4 Å². The molecular weight excluding hydrogens is 632 g/mol. The Labute approximate surface area is 294 Å². The molecule has 0 atom stereocenters. The van der Waals surface area contributed by atoms with Gasteiger partial charge in [0.2, 0.25) is 23.6 Å². The maximum atomic E-state index is 12.3. The number of para-hydroxylation sites is 2. The van der Waals surface area contributed by atoms with E-state index in [2.05, 4.69) is 41.9 Å². The van der Waals surface area contributed by atoms with E-state index in [0.29, 0.717) is 24.5 Å². The zero-order valence-corrected chi connectivity index (χ0v) is 28.8. The van der Waals surface area contributed by atoms with E-state index >= 15 is 0 Å². The first-order chi connectivity index (χ1) is 24.5. The van der Waals surface area contributed by atoms with E-state index in [1.165, 1.54) is 0 Å². The molecule has 0 radical (unpaired) electrons. The Morgan fingerprint density at radius 2 is 0.840 bits per heavy atom. The van der Waals surface area contributed by atoms with Crippen molar-refractivity contribution in [2.45, 2.75) is 64.2 Å². The molecule has 0 saturated heterocycles. The lowest BCUT2D eigenvalue weighted by molar-refractivity contribution is -0.124. The summed E-state index contributed by atoms with van der Waals surface area (Å²) in [6.45, 7) is 4.74. The Bertz CT molecular complexity index is 1550. The predicted molar refractivity (Wildman–Crippen MR) is 199 cm³/mol. The number of pyridine rings is 2. The first kappa shape index (κ1) is 37.9. The highest BCUT2D eigenvalue weighted by Gasteiger charge is 2.11. The minimum atomic E-state index is -0.205. The molecule has 0 aliphatic heterocycles. The topological polar surface area (TPSA) is 166 Å². The molecule has 0 aliphatic rings. The number of hydrogen-bond acceptors (Lipinski definition) is 8. The van der Waals surface area contributed by atoms with E-state index in [-0.39, 0.29) is 49.3 Å². The van der Waals surface area contributed by atoms with Gasteiger partial charge in [-0.2, -0.15) is 0 Å². The number of nitrogens with zero attached hydrogens (tertiary/aromatic N) is 2. The van der Waals surface area contributed by atoms with Crippen molar-refractivity contribution in [3.05, 3.63) is 73.1 Å². The zero-order chi connectivity index (χ0) is 35.2. The quantitative estimate of drug-likeness (QED) is 0.0614. The number of carbonyl (C=O) groups excluding carboxylic acids is 4. The number of nitrogens with one attached hydrogen (secondary N) is 6. The Balaban J connectivity index is 0.881. The number of fused-ring (bicyclic) bond motifs is 2. The van der Waals surface area contributed by atoms with Crippen LogP contribution in [-0.4, -0.2) is 72.9 Å². The fourth-order valence-corrected chi connectivity index (χ4v) is 5.45. The van der Waals surface area contributed by atoms with Crippen LogP contribution in [0.1, 0.15) is 64.2 Å². The third kappa shape index (κ3) is 13.9. The van der Waals surface area contributed by atoms with Crippen LogP contribution in [0.4, 0.5) is 11.4 Å². The van der Waals surface area contributed by atoms with Crippen molar-refractivity contribution in [2.75, 3.05) is 49.9 Å². The highest BCUT2D eigenvalue weighted by Crippen LogP contribution is 2.22. The molecule has 0 saturated carbocycles. The standard InChI is InChI=1S/C38H50N8O4/c47-33(17-19-35(49)45-31-15-5-11-29-13-7-25-43-37(29)31)41-27-9-23-39-21-3-1-2-4-22-40-24-10-28-42-34(48)18-20-36(50)46-32-16-6-12-30-14-8-26-44-38(30)32/h5-8,11-16,25-26,39-40H,1-4,9-10,17-24,27-28H2,(H,41,47)(H,42,48)(H,45,49)(H,46,50). The summed E-state index contributed by atoms with van der Waals surface area (Å²) < 4.78 is 0. The van der Waals surface area contributed by atoms with E-state index in [0.717, 1.165) is 86.5 Å². The van der Waals surface area contributed by atoms with Crippen LogP contribution in [0.25, 0.3) is 21.8 Å². The van der Waals surface area contributed by atoms with Crippen LogP contribution in [0.15, 0.2) is 73.1 Å². The van der Waals surface area contributed by atoms with Gasteiger partial charge in [-0.1, -0.05) is 49.2 Å². The van der Waals surface area contributed by atoms with E-state index in [4.69, 9.17) is 0 Å². The van der Waals surface area contributed by atoms with Crippen LogP contribution in [0.3, 0.4) is 0 Å². The largest absolute Gasteiger partial charge is 0.356 e. The maximum Gasteiger partial charge on any atom is 0.224 e. The summed E-state index contributed by atoms with van der Waals surface area (Å²) in [5.74, 6) is -0.655. The number of unbranched alkanes of at least 4 members (excludes halogenated alkanes) is 3. The van der Waals surface area contributed by atoms with Crippen molar-refractivity contribution in [2.24, 2.45) is 0 Å². The number of hydrogen-bond donors (Lipinski definition) is 6. The SMILES string of the molecule is O=C(CCC(=O)Nc1cccc2cccnc12)NCCCNCCCCCCNCCCNC(=O)CCC(=O)Nc1cccc2cccnc12. The molecule has 266 valence electrons. The van der Waals surface area contributed by atoms with Gasteiger partial charge in [0, 0.05) is 61.9 Å². The molecule has 2 heterocycles. The van der Waals surface area contributed by atoms with Gasteiger partial charge in [0.1, 0.15) is 0 Å². The molecule has 0 bridgehead atoms. The van der Waals surface area contributed by atoms with Gasteiger partial charge in [-0.15, -0.1) is 0 Å². The lowest BCUT2D eigenvalue weighted by Crippen LogP contribution is -2.28. The summed E-state index contributed by atoms with van der Waals surface area (Å²) in [6, 6.07) is 18.8. The highest BCUT2D eigenvalue weighted by molar-refractivity contribution is 6.02. The van der Waals surface area contributed by atoms with Gasteiger partial charge < -0.3 is 31.9 Å². The van der Waals surface area contributed by atoms with Gasteiger partial charge in [-0.05, 0) is 76.1 Å². The fraction of sp³-hybridized carbons (Fsp3) is 0.421. The van der Waals surface area contributed by atoms with Crippen LogP contribution < -0.4 is 31.9 Å². The lowest BCUT2D eigenvalue weighted by Gasteiger charge is -2.09. The van der Waals surface area contributed by atoms with E-state index in [1.54, 1.807) is 12.4 Å². The molecule has 4 rings (SSSR count). The first-order valence-corrected chi connectivity index (χ1v) is 17.7. The molecule has 0 fully saturated rings. The molecule has 12 nitrogen and oxygen atoms in total. The van der Waals surface area contributed by atoms with Crippen molar-refractivity contribution in [3.63, 3.8) is 0 Å². The Hall–Kier alpha value is -4.94. The average molecular weight is 683 g/mol. The molecule has 2 aromatic carbocycles. The predicted octanol–water partition coefficient (Wildman–Crippen LogP) is 4.67. The van der Waals surface area contributed by atoms with Crippen LogP contribution in [-0.2, 0) is 19.2 Å². The number of aromatic nitrogens is 2. The summed E-state index contributed by atoms with van der Waals surface area (Å²) in [7, 11) is 0. The molecular formula is C38H50N8O4. The lowest BCUT2D eigenvalue weighted by atomic mass is 10.2. The molecule has 12 heteroatoms. The van der Waals surface area contributed by atoms with Gasteiger partial charge in [0.15, 0.2) is 0 Å². The van der Waals surface area contributed by atoms with E-state index in [9.17, 15) is 19.2 Å². The van der Waals surface area contributed by atoms with E-state index in [1.807, 2.05) is 60.7 Å².